The molecule has 1 heterocycles. The molecule has 0 saturated carbocycles. The number of benzene rings is 1. The van der Waals surface area contributed by atoms with E-state index in [-0.39, 0.29) is 16.6 Å². The van der Waals surface area contributed by atoms with Crippen LogP contribution in [-0.4, -0.2) is 42.8 Å². The van der Waals surface area contributed by atoms with Crippen LogP contribution < -0.4 is 11.3 Å². The van der Waals surface area contributed by atoms with Crippen LogP contribution in [-0.2, 0) is 11.2 Å². The van der Waals surface area contributed by atoms with Crippen molar-refractivity contribution < 1.29 is 9.13 Å². The largest absolute Gasteiger partial charge is 0.379 e. The van der Waals surface area contributed by atoms with E-state index < -0.39 is 5.82 Å². The van der Waals surface area contributed by atoms with E-state index in [1.807, 2.05) is 6.07 Å². The van der Waals surface area contributed by atoms with Crippen molar-refractivity contribution in [2.45, 2.75) is 31.8 Å². The van der Waals surface area contributed by atoms with E-state index in [0.717, 1.165) is 31.9 Å². The third-order valence-corrected chi connectivity index (χ3v) is 4.61. The van der Waals surface area contributed by atoms with Crippen molar-refractivity contribution in [2.75, 3.05) is 26.3 Å². The van der Waals surface area contributed by atoms with Gasteiger partial charge in [-0.25, -0.2) is 4.39 Å². The molecule has 21 heavy (non-hydrogen) atoms. The highest BCUT2D eigenvalue weighted by Crippen LogP contribution is 2.24. The first-order chi connectivity index (χ1) is 9.95. The highest BCUT2D eigenvalue weighted by atomic mass is 35.5. The molecule has 1 saturated heterocycles. The van der Waals surface area contributed by atoms with Gasteiger partial charge < -0.3 is 4.74 Å². The Bertz CT molecular complexity index is 478. The summed E-state index contributed by atoms with van der Waals surface area (Å²) in [7, 11) is 0. The summed E-state index contributed by atoms with van der Waals surface area (Å²) in [5.41, 5.74) is 3.60. The summed E-state index contributed by atoms with van der Waals surface area (Å²) in [5.74, 6) is 5.36. The Morgan fingerprint density at radius 2 is 2.10 bits per heavy atom. The monoisotopic (exact) mass is 315 g/mol. The second-order valence-electron chi connectivity index (χ2n) is 5.92. The van der Waals surface area contributed by atoms with Crippen LogP contribution in [0.25, 0.3) is 0 Å². The van der Waals surface area contributed by atoms with E-state index in [9.17, 15) is 4.39 Å². The number of nitrogens with two attached hydrogens (primary N) is 1. The summed E-state index contributed by atoms with van der Waals surface area (Å²) in [6.45, 7) is 7.51. The molecule has 1 unspecified atom stereocenters. The SMILES string of the molecule is CC(C)(C(Cc1ccc(Cl)c(F)c1)NN)N1CCOCC1. The van der Waals surface area contributed by atoms with E-state index in [1.54, 1.807) is 6.07 Å². The minimum Gasteiger partial charge on any atom is -0.379 e. The van der Waals surface area contributed by atoms with Gasteiger partial charge in [-0.1, -0.05) is 17.7 Å². The van der Waals surface area contributed by atoms with Crippen LogP contribution in [0.2, 0.25) is 5.02 Å². The average molecular weight is 316 g/mol. The van der Waals surface area contributed by atoms with E-state index >= 15 is 0 Å². The first-order valence-corrected chi connectivity index (χ1v) is 7.56. The zero-order valence-electron chi connectivity index (χ0n) is 12.5. The number of hydrogen-bond donors (Lipinski definition) is 2. The maximum absolute atomic E-state index is 13.6. The lowest BCUT2D eigenvalue weighted by atomic mass is 9.87. The van der Waals surface area contributed by atoms with Crippen molar-refractivity contribution in [1.82, 2.24) is 10.3 Å². The Morgan fingerprint density at radius 3 is 2.67 bits per heavy atom. The molecule has 3 N–H and O–H groups in total. The fourth-order valence-electron chi connectivity index (χ4n) is 2.77. The molecule has 1 aromatic rings. The minimum absolute atomic E-state index is 0.00354. The summed E-state index contributed by atoms with van der Waals surface area (Å²) in [6, 6.07) is 4.89. The molecule has 0 bridgehead atoms. The number of morpholine rings is 1. The fourth-order valence-corrected chi connectivity index (χ4v) is 2.89. The average Bonchev–Trinajstić information content (AvgIpc) is 2.49. The van der Waals surface area contributed by atoms with Crippen LogP contribution in [0.1, 0.15) is 19.4 Å². The van der Waals surface area contributed by atoms with Gasteiger partial charge in [0.1, 0.15) is 5.82 Å². The van der Waals surface area contributed by atoms with Crippen LogP contribution in [0.5, 0.6) is 0 Å². The molecule has 1 atom stereocenters. The minimum atomic E-state index is -0.394. The molecule has 1 aliphatic rings. The van der Waals surface area contributed by atoms with Crippen molar-refractivity contribution in [2.24, 2.45) is 5.84 Å². The highest BCUT2D eigenvalue weighted by molar-refractivity contribution is 6.30. The lowest BCUT2D eigenvalue weighted by Crippen LogP contribution is -2.62. The van der Waals surface area contributed by atoms with Crippen molar-refractivity contribution in [1.29, 1.82) is 0 Å². The Morgan fingerprint density at radius 1 is 1.43 bits per heavy atom. The van der Waals surface area contributed by atoms with Crippen molar-refractivity contribution in [3.8, 4) is 0 Å². The zero-order valence-corrected chi connectivity index (χ0v) is 13.3. The Kier molecular flexibility index (Phi) is 5.57. The summed E-state index contributed by atoms with van der Waals surface area (Å²) >= 11 is 5.73. The summed E-state index contributed by atoms with van der Waals surface area (Å²) < 4.78 is 19.0. The van der Waals surface area contributed by atoms with Gasteiger partial charge >= 0.3 is 0 Å². The molecule has 4 nitrogen and oxygen atoms in total. The molecular formula is C15H23ClFN3O. The van der Waals surface area contributed by atoms with Gasteiger partial charge in [0.15, 0.2) is 0 Å². The number of hydrazine groups is 1. The molecule has 1 aliphatic heterocycles. The van der Waals surface area contributed by atoms with Gasteiger partial charge in [-0.2, -0.15) is 0 Å². The van der Waals surface area contributed by atoms with Crippen LogP contribution in [0.15, 0.2) is 18.2 Å². The fraction of sp³-hybridized carbons (Fsp3) is 0.600. The van der Waals surface area contributed by atoms with Crippen LogP contribution in [0.3, 0.4) is 0 Å². The predicted octanol–water partition coefficient (Wildman–Crippen LogP) is 1.96. The molecule has 0 spiro atoms. The molecule has 0 amide bonds. The van der Waals surface area contributed by atoms with Gasteiger partial charge in [-0.05, 0) is 38.0 Å². The molecule has 1 fully saturated rings. The quantitative estimate of drug-likeness (QED) is 0.644. The Labute approximate surface area is 130 Å². The number of hydrogen-bond acceptors (Lipinski definition) is 4. The van der Waals surface area contributed by atoms with Crippen LogP contribution in [0.4, 0.5) is 4.39 Å². The maximum atomic E-state index is 13.6. The second-order valence-corrected chi connectivity index (χ2v) is 6.33. The van der Waals surface area contributed by atoms with Gasteiger partial charge in [0.05, 0.1) is 18.2 Å². The zero-order chi connectivity index (χ0) is 15.5. The molecule has 118 valence electrons. The number of halogens is 2. The number of nitrogens with zero attached hydrogens (tertiary/aromatic N) is 1. The Hall–Kier alpha value is -0.720. The molecule has 2 rings (SSSR count). The molecule has 6 heteroatoms. The van der Waals surface area contributed by atoms with Gasteiger partial charge in [0.2, 0.25) is 0 Å². The first kappa shape index (κ1) is 16.6. The number of rotatable bonds is 5. The topological polar surface area (TPSA) is 50.5 Å². The smallest absolute Gasteiger partial charge is 0.142 e. The van der Waals surface area contributed by atoms with Gasteiger partial charge in [0, 0.05) is 24.7 Å². The standard InChI is InChI=1S/C15H23ClFN3O/c1-15(2,20-5-7-21-8-6-20)14(19-18)10-11-3-4-12(16)13(17)9-11/h3-4,9,14,19H,5-8,10,18H2,1-2H3. The van der Waals surface area contributed by atoms with Crippen molar-refractivity contribution >= 4 is 11.6 Å². The number of ether oxygens (including phenoxy) is 1. The molecule has 0 radical (unpaired) electrons. The summed E-state index contributed by atoms with van der Waals surface area (Å²) in [5, 5.41) is 0.142. The summed E-state index contributed by atoms with van der Waals surface area (Å²) in [4.78, 5) is 2.35. The normalized spacial score (nSPS) is 18.7. The van der Waals surface area contributed by atoms with Gasteiger partial charge in [0.25, 0.3) is 0 Å². The maximum Gasteiger partial charge on any atom is 0.142 e. The van der Waals surface area contributed by atoms with Gasteiger partial charge in [-0.3, -0.25) is 16.2 Å². The van der Waals surface area contributed by atoms with E-state index in [4.69, 9.17) is 22.2 Å². The van der Waals surface area contributed by atoms with Crippen LogP contribution >= 0.6 is 11.6 Å². The van der Waals surface area contributed by atoms with Crippen molar-refractivity contribution in [3.05, 3.63) is 34.6 Å². The molecule has 0 aromatic heterocycles. The number of nitrogens with one attached hydrogen (secondary N) is 1. The predicted molar refractivity (Wildman–Crippen MR) is 82.7 cm³/mol. The van der Waals surface area contributed by atoms with E-state index in [1.165, 1.54) is 6.07 Å². The molecule has 0 aliphatic carbocycles. The Balaban J connectivity index is 2.12. The van der Waals surface area contributed by atoms with E-state index in [0.29, 0.717) is 6.42 Å². The van der Waals surface area contributed by atoms with E-state index in [2.05, 4.69) is 24.2 Å². The first-order valence-electron chi connectivity index (χ1n) is 7.18. The second kappa shape index (κ2) is 7.03. The lowest BCUT2D eigenvalue weighted by Gasteiger charge is -2.45. The summed E-state index contributed by atoms with van der Waals surface area (Å²) in [6.07, 6.45) is 0.634. The third-order valence-electron chi connectivity index (χ3n) is 4.30. The third kappa shape index (κ3) is 3.93. The van der Waals surface area contributed by atoms with Gasteiger partial charge in [-0.15, -0.1) is 0 Å². The van der Waals surface area contributed by atoms with Crippen LogP contribution in [0, 0.1) is 5.82 Å². The molecule has 1 aromatic carbocycles. The van der Waals surface area contributed by atoms with Crippen molar-refractivity contribution in [3.63, 3.8) is 0 Å². The lowest BCUT2D eigenvalue weighted by molar-refractivity contribution is -0.0233. The highest BCUT2D eigenvalue weighted by Gasteiger charge is 2.35. The molecular weight excluding hydrogens is 293 g/mol.